The van der Waals surface area contributed by atoms with Crippen LogP contribution in [-0.2, 0) is 0 Å². The molecule has 0 heterocycles. The van der Waals surface area contributed by atoms with Crippen molar-refractivity contribution in [2.45, 2.75) is 72.4 Å². The SMILES string of the molecule is CC(C)CCCCCC(CC(C)C)C(F)(F)F. The number of rotatable bonds is 8. The summed E-state index contributed by atoms with van der Waals surface area (Å²) in [5, 5.41) is 0. The van der Waals surface area contributed by atoms with E-state index in [-0.39, 0.29) is 12.3 Å². The molecule has 0 amide bonds. The molecule has 104 valence electrons. The van der Waals surface area contributed by atoms with Gasteiger partial charge in [-0.2, -0.15) is 13.2 Å². The summed E-state index contributed by atoms with van der Waals surface area (Å²) in [5.41, 5.74) is 0. The Balaban J connectivity index is 3.85. The van der Waals surface area contributed by atoms with Gasteiger partial charge in [0.25, 0.3) is 0 Å². The molecule has 0 aliphatic heterocycles. The minimum Gasteiger partial charge on any atom is -0.171 e. The van der Waals surface area contributed by atoms with Crippen LogP contribution in [0.4, 0.5) is 13.2 Å². The largest absolute Gasteiger partial charge is 0.391 e. The Morgan fingerprint density at radius 3 is 1.71 bits per heavy atom. The van der Waals surface area contributed by atoms with E-state index in [4.69, 9.17) is 0 Å². The molecule has 0 spiro atoms. The first-order valence-electron chi connectivity index (χ1n) is 6.80. The van der Waals surface area contributed by atoms with Crippen molar-refractivity contribution in [2.24, 2.45) is 17.8 Å². The summed E-state index contributed by atoms with van der Waals surface area (Å²) in [4.78, 5) is 0. The van der Waals surface area contributed by atoms with Crippen LogP contribution < -0.4 is 0 Å². The molecular formula is C14H27F3. The molecular weight excluding hydrogens is 225 g/mol. The predicted octanol–water partition coefficient (Wildman–Crippen LogP) is 5.82. The van der Waals surface area contributed by atoms with Gasteiger partial charge in [0.15, 0.2) is 0 Å². The first-order chi connectivity index (χ1) is 7.73. The molecule has 0 aliphatic rings. The third-order valence-electron chi connectivity index (χ3n) is 3.05. The van der Waals surface area contributed by atoms with Gasteiger partial charge in [-0.1, -0.05) is 53.4 Å². The molecule has 0 saturated carbocycles. The number of hydrogen-bond donors (Lipinski definition) is 0. The van der Waals surface area contributed by atoms with Gasteiger partial charge in [0, 0.05) is 0 Å². The van der Waals surface area contributed by atoms with E-state index in [1.54, 1.807) is 0 Å². The van der Waals surface area contributed by atoms with Gasteiger partial charge < -0.3 is 0 Å². The second kappa shape index (κ2) is 7.99. The molecule has 0 bridgehead atoms. The lowest BCUT2D eigenvalue weighted by Crippen LogP contribution is -2.24. The lowest BCUT2D eigenvalue weighted by molar-refractivity contribution is -0.180. The Morgan fingerprint density at radius 1 is 0.765 bits per heavy atom. The van der Waals surface area contributed by atoms with Gasteiger partial charge in [0.05, 0.1) is 5.92 Å². The Hall–Kier alpha value is -0.210. The molecule has 0 aromatic heterocycles. The molecule has 0 N–H and O–H groups in total. The maximum Gasteiger partial charge on any atom is 0.391 e. The molecule has 1 unspecified atom stereocenters. The fourth-order valence-electron chi connectivity index (χ4n) is 2.10. The van der Waals surface area contributed by atoms with E-state index in [0.29, 0.717) is 18.8 Å². The van der Waals surface area contributed by atoms with Crippen molar-refractivity contribution in [1.29, 1.82) is 0 Å². The second-order valence-corrected chi connectivity index (χ2v) is 5.90. The second-order valence-electron chi connectivity index (χ2n) is 5.90. The van der Waals surface area contributed by atoms with E-state index in [1.807, 2.05) is 13.8 Å². The Bertz CT molecular complexity index is 182. The van der Waals surface area contributed by atoms with Gasteiger partial charge in [-0.05, 0) is 24.7 Å². The highest BCUT2D eigenvalue weighted by atomic mass is 19.4. The quantitative estimate of drug-likeness (QED) is 0.478. The van der Waals surface area contributed by atoms with Crippen LogP contribution in [0.15, 0.2) is 0 Å². The van der Waals surface area contributed by atoms with E-state index in [9.17, 15) is 13.2 Å². The van der Waals surface area contributed by atoms with E-state index in [2.05, 4.69) is 13.8 Å². The summed E-state index contributed by atoms with van der Waals surface area (Å²) in [6, 6.07) is 0. The van der Waals surface area contributed by atoms with Crippen molar-refractivity contribution in [1.82, 2.24) is 0 Å². The van der Waals surface area contributed by atoms with Crippen molar-refractivity contribution in [3.63, 3.8) is 0 Å². The third-order valence-corrected chi connectivity index (χ3v) is 3.05. The molecule has 17 heavy (non-hydrogen) atoms. The lowest BCUT2D eigenvalue weighted by atomic mass is 9.91. The monoisotopic (exact) mass is 252 g/mol. The van der Waals surface area contributed by atoms with Crippen molar-refractivity contribution in [3.05, 3.63) is 0 Å². The van der Waals surface area contributed by atoms with Crippen LogP contribution in [0.5, 0.6) is 0 Å². The van der Waals surface area contributed by atoms with Gasteiger partial charge in [-0.3, -0.25) is 0 Å². The molecule has 0 aliphatic carbocycles. The topological polar surface area (TPSA) is 0 Å². The molecule has 3 heteroatoms. The van der Waals surface area contributed by atoms with Crippen LogP contribution >= 0.6 is 0 Å². The Kier molecular flexibility index (Phi) is 7.89. The summed E-state index contributed by atoms with van der Waals surface area (Å²) in [6.45, 7) is 8.02. The standard InChI is InChI=1S/C14H27F3/c1-11(2)8-6-5-7-9-13(10-12(3)4)14(15,16)17/h11-13H,5-10H2,1-4H3. The lowest BCUT2D eigenvalue weighted by Gasteiger charge is -2.22. The van der Waals surface area contributed by atoms with Gasteiger partial charge in [0.1, 0.15) is 0 Å². The van der Waals surface area contributed by atoms with E-state index >= 15 is 0 Å². The summed E-state index contributed by atoms with van der Waals surface area (Å²) in [7, 11) is 0. The maximum absolute atomic E-state index is 12.7. The molecule has 0 nitrogen and oxygen atoms in total. The first kappa shape index (κ1) is 16.8. The highest BCUT2D eigenvalue weighted by Crippen LogP contribution is 2.35. The summed E-state index contributed by atoms with van der Waals surface area (Å²) in [5.74, 6) is -0.317. The summed E-state index contributed by atoms with van der Waals surface area (Å²) in [6.07, 6.45) is 0.396. The molecule has 0 saturated heterocycles. The van der Waals surface area contributed by atoms with Crippen molar-refractivity contribution < 1.29 is 13.2 Å². The molecule has 1 atom stereocenters. The highest BCUT2D eigenvalue weighted by Gasteiger charge is 2.38. The molecule has 0 aromatic carbocycles. The van der Waals surface area contributed by atoms with Crippen LogP contribution in [0.2, 0.25) is 0 Å². The highest BCUT2D eigenvalue weighted by molar-refractivity contribution is 4.69. The average Bonchev–Trinajstić information content (AvgIpc) is 2.12. The first-order valence-corrected chi connectivity index (χ1v) is 6.80. The molecule has 0 radical (unpaired) electrons. The Labute approximate surface area is 104 Å². The van der Waals surface area contributed by atoms with E-state index in [1.165, 1.54) is 0 Å². The van der Waals surface area contributed by atoms with E-state index in [0.717, 1.165) is 19.3 Å². The summed E-state index contributed by atoms with van der Waals surface area (Å²) < 4.78 is 38.2. The van der Waals surface area contributed by atoms with Crippen molar-refractivity contribution >= 4 is 0 Å². The van der Waals surface area contributed by atoms with Crippen LogP contribution in [-0.4, -0.2) is 6.18 Å². The predicted molar refractivity (Wildman–Crippen MR) is 66.9 cm³/mol. The smallest absolute Gasteiger partial charge is 0.171 e. The number of unbranched alkanes of at least 4 members (excludes halogenated alkanes) is 2. The number of alkyl halides is 3. The van der Waals surface area contributed by atoms with Crippen molar-refractivity contribution in [3.8, 4) is 0 Å². The van der Waals surface area contributed by atoms with Gasteiger partial charge in [-0.15, -0.1) is 0 Å². The van der Waals surface area contributed by atoms with Gasteiger partial charge >= 0.3 is 6.18 Å². The number of halogens is 3. The van der Waals surface area contributed by atoms with E-state index < -0.39 is 12.1 Å². The minimum absolute atomic E-state index is 0.122. The van der Waals surface area contributed by atoms with Crippen LogP contribution in [0.25, 0.3) is 0 Å². The fraction of sp³-hybridized carbons (Fsp3) is 1.00. The fourth-order valence-corrected chi connectivity index (χ4v) is 2.10. The Morgan fingerprint density at radius 2 is 1.29 bits per heavy atom. The average molecular weight is 252 g/mol. The molecule has 0 rings (SSSR count). The van der Waals surface area contributed by atoms with Crippen LogP contribution in [0, 0.1) is 17.8 Å². The van der Waals surface area contributed by atoms with Crippen LogP contribution in [0.3, 0.4) is 0 Å². The number of hydrogen-bond acceptors (Lipinski definition) is 0. The molecule has 0 fully saturated rings. The summed E-state index contributed by atoms with van der Waals surface area (Å²) >= 11 is 0. The third kappa shape index (κ3) is 9.49. The zero-order valence-corrected chi connectivity index (χ0v) is 11.6. The maximum atomic E-state index is 12.7. The van der Waals surface area contributed by atoms with Gasteiger partial charge in [-0.25, -0.2) is 0 Å². The minimum atomic E-state index is -4.01. The van der Waals surface area contributed by atoms with Crippen LogP contribution in [0.1, 0.15) is 66.2 Å². The molecule has 0 aromatic rings. The normalized spacial score (nSPS) is 14.6. The zero-order valence-electron chi connectivity index (χ0n) is 11.6. The van der Waals surface area contributed by atoms with Gasteiger partial charge in [0.2, 0.25) is 0 Å². The zero-order chi connectivity index (χ0) is 13.5. The van der Waals surface area contributed by atoms with Crippen molar-refractivity contribution in [2.75, 3.05) is 0 Å².